The van der Waals surface area contributed by atoms with Gasteiger partial charge in [-0.15, -0.1) is 0 Å². The third-order valence-electron chi connectivity index (χ3n) is 4.68. The van der Waals surface area contributed by atoms with Crippen LogP contribution in [0.4, 0.5) is 11.6 Å². The van der Waals surface area contributed by atoms with Crippen molar-refractivity contribution < 1.29 is 5.11 Å². The molecule has 27 heavy (non-hydrogen) atoms. The summed E-state index contributed by atoms with van der Waals surface area (Å²) in [5, 5.41) is 21.8. The number of anilines is 2. The number of aryl methyl sites for hydroxylation is 1. The zero-order valence-corrected chi connectivity index (χ0v) is 17.0. The molecule has 1 aliphatic rings. The molecule has 4 rings (SSSR count). The molecular weight excluding hydrogens is 408 g/mol. The minimum absolute atomic E-state index is 0.120. The fourth-order valence-corrected chi connectivity index (χ4v) is 3.83. The molecule has 7 nitrogen and oxygen atoms in total. The lowest BCUT2D eigenvalue weighted by atomic mass is 9.96. The SMILES string of the molecule is CCCn1cc2c(C3CNc4ccc(Br)cc43)nc(NC[C@@H](C)O)nc2n1. The highest BCUT2D eigenvalue weighted by Crippen LogP contribution is 2.39. The van der Waals surface area contributed by atoms with Gasteiger partial charge in [-0.3, -0.25) is 4.68 Å². The van der Waals surface area contributed by atoms with E-state index in [2.05, 4.69) is 55.7 Å². The Morgan fingerprint density at radius 1 is 1.41 bits per heavy atom. The summed E-state index contributed by atoms with van der Waals surface area (Å²) in [6.07, 6.45) is 2.57. The lowest BCUT2D eigenvalue weighted by molar-refractivity contribution is 0.208. The van der Waals surface area contributed by atoms with Gasteiger partial charge < -0.3 is 15.7 Å². The molecule has 142 valence electrons. The lowest BCUT2D eigenvalue weighted by Gasteiger charge is -2.13. The number of rotatable bonds is 6. The fraction of sp³-hybridized carbons (Fsp3) is 0.421. The Balaban J connectivity index is 1.82. The normalized spacial score (nSPS) is 17.0. The average molecular weight is 431 g/mol. The van der Waals surface area contributed by atoms with E-state index in [1.165, 1.54) is 5.56 Å². The first kappa shape index (κ1) is 18.2. The van der Waals surface area contributed by atoms with Gasteiger partial charge in [0.15, 0.2) is 5.65 Å². The van der Waals surface area contributed by atoms with Gasteiger partial charge in [-0.1, -0.05) is 22.9 Å². The Hall–Kier alpha value is -2.19. The molecule has 0 saturated heterocycles. The van der Waals surface area contributed by atoms with Crippen molar-refractivity contribution in [3.63, 3.8) is 0 Å². The van der Waals surface area contributed by atoms with Gasteiger partial charge in [0.2, 0.25) is 5.95 Å². The van der Waals surface area contributed by atoms with Crippen LogP contribution in [-0.2, 0) is 6.54 Å². The van der Waals surface area contributed by atoms with E-state index in [-0.39, 0.29) is 5.92 Å². The van der Waals surface area contributed by atoms with Gasteiger partial charge in [-0.2, -0.15) is 10.1 Å². The second-order valence-electron chi connectivity index (χ2n) is 6.96. The van der Waals surface area contributed by atoms with Gasteiger partial charge in [0.25, 0.3) is 0 Å². The number of fused-ring (bicyclic) bond motifs is 2. The van der Waals surface area contributed by atoms with Gasteiger partial charge in [0.1, 0.15) is 0 Å². The first-order valence-electron chi connectivity index (χ1n) is 9.25. The molecule has 1 aliphatic heterocycles. The molecule has 8 heteroatoms. The first-order chi connectivity index (χ1) is 13.0. The van der Waals surface area contributed by atoms with Crippen molar-refractivity contribution in [2.45, 2.75) is 38.8 Å². The van der Waals surface area contributed by atoms with Gasteiger partial charge >= 0.3 is 0 Å². The topological polar surface area (TPSA) is 87.9 Å². The Morgan fingerprint density at radius 3 is 3.04 bits per heavy atom. The van der Waals surface area contributed by atoms with E-state index in [4.69, 9.17) is 4.98 Å². The number of nitrogens with zero attached hydrogens (tertiary/aromatic N) is 4. The number of hydrogen-bond donors (Lipinski definition) is 3. The number of halogens is 1. The Morgan fingerprint density at radius 2 is 2.26 bits per heavy atom. The highest BCUT2D eigenvalue weighted by atomic mass is 79.9. The van der Waals surface area contributed by atoms with Crippen LogP contribution < -0.4 is 10.6 Å². The molecule has 1 unspecified atom stereocenters. The lowest BCUT2D eigenvalue weighted by Crippen LogP contribution is -2.18. The average Bonchev–Trinajstić information content (AvgIpc) is 3.22. The van der Waals surface area contributed by atoms with Crippen LogP contribution in [0.25, 0.3) is 11.0 Å². The highest BCUT2D eigenvalue weighted by Gasteiger charge is 2.28. The smallest absolute Gasteiger partial charge is 0.225 e. The summed E-state index contributed by atoms with van der Waals surface area (Å²) in [6.45, 7) is 5.88. The minimum Gasteiger partial charge on any atom is -0.392 e. The van der Waals surface area contributed by atoms with E-state index in [9.17, 15) is 5.11 Å². The van der Waals surface area contributed by atoms with E-state index in [1.54, 1.807) is 6.92 Å². The summed E-state index contributed by atoms with van der Waals surface area (Å²) >= 11 is 3.58. The zero-order valence-electron chi connectivity index (χ0n) is 15.4. The second-order valence-corrected chi connectivity index (χ2v) is 7.87. The van der Waals surface area contributed by atoms with E-state index in [1.807, 2.05) is 16.9 Å². The third-order valence-corrected chi connectivity index (χ3v) is 5.17. The molecule has 2 atom stereocenters. The van der Waals surface area contributed by atoms with Gasteiger partial charge in [-0.25, -0.2) is 4.98 Å². The third kappa shape index (κ3) is 3.64. The first-order valence-corrected chi connectivity index (χ1v) is 10.0. The van der Waals surface area contributed by atoms with Crippen molar-refractivity contribution in [3.05, 3.63) is 40.1 Å². The van der Waals surface area contributed by atoms with Crippen molar-refractivity contribution in [1.29, 1.82) is 0 Å². The van der Waals surface area contributed by atoms with Gasteiger partial charge in [0, 0.05) is 41.9 Å². The summed E-state index contributed by atoms with van der Waals surface area (Å²) in [6, 6.07) is 6.27. The summed E-state index contributed by atoms with van der Waals surface area (Å²) < 4.78 is 2.99. The Bertz CT molecular complexity index is 970. The number of aliphatic hydroxyl groups is 1. The zero-order chi connectivity index (χ0) is 19.0. The summed E-state index contributed by atoms with van der Waals surface area (Å²) in [5.41, 5.74) is 3.99. The molecular formula is C19H23BrN6O. The molecule has 3 N–H and O–H groups in total. The molecule has 0 spiro atoms. The van der Waals surface area contributed by atoms with Crippen molar-refractivity contribution in [2.24, 2.45) is 0 Å². The number of aliphatic hydroxyl groups excluding tert-OH is 1. The molecule has 0 fully saturated rings. The van der Waals surface area contributed by atoms with E-state index < -0.39 is 6.10 Å². The summed E-state index contributed by atoms with van der Waals surface area (Å²) in [7, 11) is 0. The number of hydrogen-bond acceptors (Lipinski definition) is 6. The predicted molar refractivity (Wildman–Crippen MR) is 110 cm³/mol. The van der Waals surface area contributed by atoms with Crippen LogP contribution in [0.1, 0.15) is 37.4 Å². The number of nitrogens with one attached hydrogen (secondary N) is 2. The second kappa shape index (κ2) is 7.44. The van der Waals surface area contributed by atoms with Crippen molar-refractivity contribution >= 4 is 38.6 Å². The van der Waals surface area contributed by atoms with E-state index in [0.29, 0.717) is 18.1 Å². The Labute approximate surface area is 166 Å². The van der Waals surface area contributed by atoms with E-state index in [0.717, 1.165) is 40.8 Å². The molecule has 0 aliphatic carbocycles. The summed E-state index contributed by atoms with van der Waals surface area (Å²) in [4.78, 5) is 9.38. The molecule has 2 aromatic heterocycles. The summed E-state index contributed by atoms with van der Waals surface area (Å²) in [5.74, 6) is 0.623. The fourth-order valence-electron chi connectivity index (χ4n) is 3.45. The Kier molecular flexibility index (Phi) is 5.01. The number of aromatic nitrogens is 4. The monoisotopic (exact) mass is 430 g/mol. The van der Waals surface area contributed by atoms with Gasteiger partial charge in [-0.05, 0) is 37.1 Å². The molecule has 3 aromatic rings. The van der Waals surface area contributed by atoms with Crippen LogP contribution in [0, 0.1) is 0 Å². The minimum atomic E-state index is -0.477. The standard InChI is InChI=1S/C19H23BrN6O/c1-3-6-26-10-15-17(14-9-21-16-5-4-12(20)7-13(14)16)23-19(22-8-11(2)27)24-18(15)25-26/h4-5,7,10-11,14,21,27H,3,6,8-9H2,1-2H3,(H,22,24,25)/t11-,14?/m1/s1. The maximum atomic E-state index is 9.59. The number of benzene rings is 1. The van der Waals surface area contributed by atoms with Crippen molar-refractivity contribution in [3.8, 4) is 0 Å². The van der Waals surface area contributed by atoms with Crippen molar-refractivity contribution in [1.82, 2.24) is 19.7 Å². The van der Waals surface area contributed by atoms with Crippen molar-refractivity contribution in [2.75, 3.05) is 23.7 Å². The molecule has 3 heterocycles. The van der Waals surface area contributed by atoms with Gasteiger partial charge in [0.05, 0.1) is 17.2 Å². The van der Waals surface area contributed by atoms with Crippen LogP contribution >= 0.6 is 15.9 Å². The van der Waals surface area contributed by atoms with Crippen LogP contribution in [0.3, 0.4) is 0 Å². The quantitative estimate of drug-likeness (QED) is 0.555. The maximum absolute atomic E-state index is 9.59. The van der Waals surface area contributed by atoms with Crippen LogP contribution in [0.15, 0.2) is 28.9 Å². The van der Waals surface area contributed by atoms with Crippen LogP contribution in [-0.4, -0.2) is 44.0 Å². The molecule has 1 aromatic carbocycles. The largest absolute Gasteiger partial charge is 0.392 e. The van der Waals surface area contributed by atoms with Crippen LogP contribution in [0.2, 0.25) is 0 Å². The molecule has 0 bridgehead atoms. The molecule has 0 saturated carbocycles. The van der Waals surface area contributed by atoms with E-state index >= 15 is 0 Å². The molecule has 0 amide bonds. The van der Waals surface area contributed by atoms with Crippen LogP contribution in [0.5, 0.6) is 0 Å². The molecule has 0 radical (unpaired) electrons. The maximum Gasteiger partial charge on any atom is 0.225 e. The highest BCUT2D eigenvalue weighted by molar-refractivity contribution is 9.10. The predicted octanol–water partition coefficient (Wildman–Crippen LogP) is 3.35.